The van der Waals surface area contributed by atoms with E-state index >= 15 is 0 Å². The van der Waals surface area contributed by atoms with Gasteiger partial charge in [0.25, 0.3) is 10.0 Å². The van der Waals surface area contributed by atoms with Gasteiger partial charge in [-0.25, -0.2) is 8.42 Å². The van der Waals surface area contributed by atoms with E-state index in [1.165, 1.54) is 0 Å². The number of sulfonamides is 1. The standard InChI is InChI=1S/C26H34N2O2S/c1-5-27(6-2)17-9-10-18-28(25-15-13-21(3)22(4)19-25)31(29,30)26-16-14-23-11-7-8-12-24(23)20-26/h7-8,11-16,19-20H,5-6,9-10,17-18H2,1-4H3. The number of anilines is 1. The lowest BCUT2D eigenvalue weighted by Gasteiger charge is -2.26. The third-order valence-electron chi connectivity index (χ3n) is 6.07. The van der Waals surface area contributed by atoms with Crippen molar-refractivity contribution < 1.29 is 8.42 Å². The highest BCUT2D eigenvalue weighted by molar-refractivity contribution is 7.92. The van der Waals surface area contributed by atoms with Crippen molar-refractivity contribution >= 4 is 26.5 Å². The maximum absolute atomic E-state index is 13.7. The van der Waals surface area contributed by atoms with E-state index in [2.05, 4.69) is 18.7 Å². The maximum atomic E-state index is 13.7. The normalized spacial score (nSPS) is 11.9. The van der Waals surface area contributed by atoms with Crippen LogP contribution < -0.4 is 4.31 Å². The van der Waals surface area contributed by atoms with Gasteiger partial charge in [-0.3, -0.25) is 4.31 Å². The fourth-order valence-electron chi connectivity index (χ4n) is 3.85. The van der Waals surface area contributed by atoms with Crippen molar-refractivity contribution in [1.82, 2.24) is 4.90 Å². The second-order valence-electron chi connectivity index (χ2n) is 8.09. The zero-order valence-corrected chi connectivity index (χ0v) is 20.0. The Balaban J connectivity index is 1.92. The van der Waals surface area contributed by atoms with Crippen LogP contribution >= 0.6 is 0 Å². The van der Waals surface area contributed by atoms with Crippen LogP contribution in [-0.4, -0.2) is 39.5 Å². The molecule has 5 heteroatoms. The van der Waals surface area contributed by atoms with Crippen molar-refractivity contribution in [3.63, 3.8) is 0 Å². The first kappa shape index (κ1) is 23.3. The summed E-state index contributed by atoms with van der Waals surface area (Å²) in [5.74, 6) is 0. The molecule has 0 saturated carbocycles. The Bertz CT molecular complexity index is 1120. The Morgan fingerprint density at radius 3 is 2.10 bits per heavy atom. The van der Waals surface area contributed by atoms with Gasteiger partial charge in [-0.1, -0.05) is 50.2 Å². The molecule has 0 unspecified atom stereocenters. The molecule has 31 heavy (non-hydrogen) atoms. The lowest BCUT2D eigenvalue weighted by molar-refractivity contribution is 0.298. The summed E-state index contributed by atoms with van der Waals surface area (Å²) in [4.78, 5) is 2.71. The molecule has 166 valence electrons. The van der Waals surface area contributed by atoms with Crippen LogP contribution in [0.2, 0.25) is 0 Å². The molecule has 0 heterocycles. The van der Waals surface area contributed by atoms with Gasteiger partial charge in [0.1, 0.15) is 0 Å². The zero-order valence-electron chi connectivity index (χ0n) is 19.1. The van der Waals surface area contributed by atoms with Crippen molar-refractivity contribution in [2.75, 3.05) is 30.5 Å². The van der Waals surface area contributed by atoms with Crippen LogP contribution in [0.5, 0.6) is 0 Å². The van der Waals surface area contributed by atoms with Crippen molar-refractivity contribution in [2.45, 2.75) is 45.4 Å². The average molecular weight is 439 g/mol. The molecular weight excluding hydrogens is 404 g/mol. The number of fused-ring (bicyclic) bond motifs is 1. The van der Waals surface area contributed by atoms with E-state index in [9.17, 15) is 8.42 Å². The Hall–Kier alpha value is -2.37. The summed E-state index contributed by atoms with van der Waals surface area (Å²) < 4.78 is 29.0. The Kier molecular flexibility index (Phi) is 7.74. The number of hydrogen-bond donors (Lipinski definition) is 0. The second-order valence-corrected chi connectivity index (χ2v) is 9.95. The number of aryl methyl sites for hydroxylation is 2. The summed E-state index contributed by atoms with van der Waals surface area (Å²) in [7, 11) is -3.67. The van der Waals surface area contributed by atoms with Crippen molar-refractivity contribution in [3.8, 4) is 0 Å². The Morgan fingerprint density at radius 1 is 0.742 bits per heavy atom. The van der Waals surface area contributed by atoms with E-state index < -0.39 is 10.0 Å². The van der Waals surface area contributed by atoms with E-state index in [0.717, 1.165) is 60.1 Å². The third kappa shape index (κ3) is 5.46. The molecule has 0 N–H and O–H groups in total. The molecule has 3 aromatic carbocycles. The van der Waals surface area contributed by atoms with Crippen LogP contribution in [0.1, 0.15) is 37.8 Å². The highest BCUT2D eigenvalue weighted by Crippen LogP contribution is 2.28. The SMILES string of the molecule is CCN(CC)CCCCN(c1ccc(C)c(C)c1)S(=O)(=O)c1ccc2ccccc2c1. The van der Waals surface area contributed by atoms with E-state index in [4.69, 9.17) is 0 Å². The van der Waals surface area contributed by atoms with Gasteiger partial charge in [-0.15, -0.1) is 0 Å². The molecule has 0 atom stereocenters. The molecule has 0 fully saturated rings. The summed E-state index contributed by atoms with van der Waals surface area (Å²) >= 11 is 0. The Labute approximate surface area is 187 Å². The predicted octanol–water partition coefficient (Wildman–Crippen LogP) is 5.77. The highest BCUT2D eigenvalue weighted by atomic mass is 32.2. The van der Waals surface area contributed by atoms with Crippen LogP contribution in [0.25, 0.3) is 10.8 Å². The van der Waals surface area contributed by atoms with Gasteiger partial charge < -0.3 is 4.90 Å². The van der Waals surface area contributed by atoms with Gasteiger partial charge in [0.15, 0.2) is 0 Å². The summed E-state index contributed by atoms with van der Waals surface area (Å²) in [6.07, 6.45) is 1.78. The number of benzene rings is 3. The molecule has 0 saturated heterocycles. The van der Waals surface area contributed by atoms with Crippen LogP contribution in [0.4, 0.5) is 5.69 Å². The molecule has 4 nitrogen and oxygen atoms in total. The van der Waals surface area contributed by atoms with Crippen molar-refractivity contribution in [1.29, 1.82) is 0 Å². The number of rotatable bonds is 10. The van der Waals surface area contributed by atoms with E-state index in [0.29, 0.717) is 11.4 Å². The van der Waals surface area contributed by atoms with Crippen LogP contribution in [0.3, 0.4) is 0 Å². The van der Waals surface area contributed by atoms with Crippen LogP contribution in [-0.2, 0) is 10.0 Å². The topological polar surface area (TPSA) is 40.6 Å². The zero-order chi connectivity index (χ0) is 22.4. The molecular formula is C26H34N2O2S. The molecule has 0 bridgehead atoms. The summed E-state index contributed by atoms with van der Waals surface area (Å²) in [5.41, 5.74) is 2.99. The van der Waals surface area contributed by atoms with Gasteiger partial charge >= 0.3 is 0 Å². The van der Waals surface area contributed by atoms with Crippen LogP contribution in [0.15, 0.2) is 65.6 Å². The minimum Gasteiger partial charge on any atom is -0.304 e. The summed E-state index contributed by atoms with van der Waals surface area (Å²) in [6.45, 7) is 11.9. The molecule has 0 aromatic heterocycles. The lowest BCUT2D eigenvalue weighted by Crippen LogP contribution is -2.33. The first-order valence-electron chi connectivity index (χ1n) is 11.2. The summed E-state index contributed by atoms with van der Waals surface area (Å²) in [6, 6.07) is 19.2. The van der Waals surface area contributed by atoms with Crippen molar-refractivity contribution in [3.05, 3.63) is 71.8 Å². The summed E-state index contributed by atoms with van der Waals surface area (Å²) in [5, 5.41) is 1.98. The van der Waals surface area contributed by atoms with Gasteiger partial charge in [0.2, 0.25) is 0 Å². The molecule has 0 radical (unpaired) electrons. The molecule has 0 amide bonds. The number of unbranched alkanes of at least 4 members (excludes halogenated alkanes) is 1. The van der Waals surface area contributed by atoms with Gasteiger partial charge in [-0.05, 0) is 92.5 Å². The molecule has 3 rings (SSSR count). The first-order valence-corrected chi connectivity index (χ1v) is 12.6. The molecule has 3 aromatic rings. The largest absolute Gasteiger partial charge is 0.304 e. The van der Waals surface area contributed by atoms with Gasteiger partial charge in [-0.2, -0.15) is 0 Å². The van der Waals surface area contributed by atoms with Crippen molar-refractivity contribution in [2.24, 2.45) is 0 Å². The molecule has 0 aliphatic carbocycles. The minimum absolute atomic E-state index is 0.341. The second kappa shape index (κ2) is 10.3. The quantitative estimate of drug-likeness (QED) is 0.377. The smallest absolute Gasteiger partial charge is 0.264 e. The lowest BCUT2D eigenvalue weighted by atomic mass is 10.1. The van der Waals surface area contributed by atoms with E-state index in [-0.39, 0.29) is 0 Å². The van der Waals surface area contributed by atoms with Gasteiger partial charge in [0, 0.05) is 6.54 Å². The number of hydrogen-bond acceptors (Lipinski definition) is 3. The monoisotopic (exact) mass is 438 g/mol. The fourth-order valence-corrected chi connectivity index (χ4v) is 5.39. The fraction of sp³-hybridized carbons (Fsp3) is 0.385. The highest BCUT2D eigenvalue weighted by Gasteiger charge is 2.25. The minimum atomic E-state index is -3.67. The first-order chi connectivity index (χ1) is 14.9. The van der Waals surface area contributed by atoms with Gasteiger partial charge in [0.05, 0.1) is 10.6 Å². The molecule has 0 spiro atoms. The van der Waals surface area contributed by atoms with Crippen LogP contribution in [0, 0.1) is 13.8 Å². The van der Waals surface area contributed by atoms with E-state index in [1.54, 1.807) is 16.4 Å². The average Bonchev–Trinajstić information content (AvgIpc) is 2.78. The molecule has 0 aliphatic heterocycles. The maximum Gasteiger partial charge on any atom is 0.264 e. The van der Waals surface area contributed by atoms with E-state index in [1.807, 2.05) is 62.4 Å². The predicted molar refractivity (Wildman–Crippen MR) is 131 cm³/mol. The third-order valence-corrected chi connectivity index (χ3v) is 7.89. The molecule has 0 aliphatic rings. The number of nitrogens with zero attached hydrogens (tertiary/aromatic N) is 2. The Morgan fingerprint density at radius 2 is 1.42 bits per heavy atom.